The summed E-state index contributed by atoms with van der Waals surface area (Å²) in [4.78, 5) is 12.1. The first kappa shape index (κ1) is 16.2. The summed E-state index contributed by atoms with van der Waals surface area (Å²) in [6, 6.07) is 5.55. The lowest BCUT2D eigenvalue weighted by molar-refractivity contribution is 0.0950. The second-order valence-electron chi connectivity index (χ2n) is 4.44. The van der Waals surface area contributed by atoms with E-state index in [-0.39, 0.29) is 5.91 Å². The molecule has 0 aliphatic carbocycles. The van der Waals surface area contributed by atoms with Crippen LogP contribution >= 0.6 is 0 Å². The van der Waals surface area contributed by atoms with E-state index in [0.29, 0.717) is 18.7 Å². The van der Waals surface area contributed by atoms with Crippen LogP contribution in [0.25, 0.3) is 0 Å². The average molecular weight is 274 g/mol. The first-order chi connectivity index (χ1) is 9.70. The molecule has 3 N–H and O–H groups in total. The summed E-state index contributed by atoms with van der Waals surface area (Å²) in [5.74, 6) is 5.73. The number of hydrogen-bond acceptors (Lipinski definition) is 3. The van der Waals surface area contributed by atoms with Gasteiger partial charge in [0.25, 0.3) is 5.91 Å². The van der Waals surface area contributed by atoms with E-state index < -0.39 is 0 Å². The van der Waals surface area contributed by atoms with Crippen molar-refractivity contribution in [1.82, 2.24) is 5.32 Å². The first-order valence-corrected chi connectivity index (χ1v) is 6.76. The fourth-order valence-electron chi connectivity index (χ4n) is 1.83. The number of hydrogen-bond donors (Lipinski definition) is 2. The van der Waals surface area contributed by atoms with Gasteiger partial charge in [-0.1, -0.05) is 17.9 Å². The van der Waals surface area contributed by atoms with E-state index in [1.54, 1.807) is 7.11 Å². The molecule has 0 aliphatic rings. The minimum Gasteiger partial charge on any atom is -0.385 e. The molecule has 0 unspecified atom stereocenters. The zero-order chi connectivity index (χ0) is 14.8. The van der Waals surface area contributed by atoms with Crippen molar-refractivity contribution in [2.75, 3.05) is 26.8 Å². The second-order valence-corrected chi connectivity index (χ2v) is 4.44. The Balaban J connectivity index is 2.64. The summed E-state index contributed by atoms with van der Waals surface area (Å²) >= 11 is 0. The van der Waals surface area contributed by atoms with Crippen LogP contribution in [0.3, 0.4) is 0 Å². The average Bonchev–Trinajstić information content (AvgIpc) is 2.46. The quantitative estimate of drug-likeness (QED) is 0.610. The number of carbonyl (C=O) groups excluding carboxylic acids is 1. The van der Waals surface area contributed by atoms with Gasteiger partial charge in [-0.25, -0.2) is 0 Å². The van der Waals surface area contributed by atoms with Gasteiger partial charge in [-0.2, -0.15) is 0 Å². The number of benzene rings is 1. The number of methoxy groups -OCH3 is 1. The lowest BCUT2D eigenvalue weighted by Gasteiger charge is -2.09. The maximum atomic E-state index is 12.1. The third-order valence-electron chi connectivity index (χ3n) is 2.96. The van der Waals surface area contributed by atoms with Crippen LogP contribution in [0.15, 0.2) is 18.2 Å². The maximum absolute atomic E-state index is 12.1. The molecule has 0 spiro atoms. The number of unbranched alkanes of at least 4 members (excludes halogenated alkanes) is 1. The molecule has 0 bridgehead atoms. The molecule has 4 nitrogen and oxygen atoms in total. The Kier molecular flexibility index (Phi) is 7.41. The molecule has 20 heavy (non-hydrogen) atoms. The van der Waals surface area contributed by atoms with Crippen molar-refractivity contribution in [1.29, 1.82) is 0 Å². The Hall–Kier alpha value is -1.83. The Morgan fingerprint density at radius 2 is 2.20 bits per heavy atom. The van der Waals surface area contributed by atoms with Crippen LogP contribution in [0, 0.1) is 18.8 Å². The fraction of sp³-hybridized carbons (Fsp3) is 0.438. The molecule has 0 atom stereocenters. The lowest BCUT2D eigenvalue weighted by Crippen LogP contribution is -2.25. The van der Waals surface area contributed by atoms with E-state index in [4.69, 9.17) is 10.5 Å². The SMILES string of the molecule is COCCCCNC(=O)c1cccc(C#CCN)c1C. The Bertz CT molecular complexity index is 501. The highest BCUT2D eigenvalue weighted by atomic mass is 16.5. The molecule has 108 valence electrons. The monoisotopic (exact) mass is 274 g/mol. The predicted molar refractivity (Wildman–Crippen MR) is 80.6 cm³/mol. The van der Waals surface area contributed by atoms with Gasteiger partial charge in [0.2, 0.25) is 0 Å². The van der Waals surface area contributed by atoms with Crippen molar-refractivity contribution < 1.29 is 9.53 Å². The summed E-state index contributed by atoms with van der Waals surface area (Å²) in [7, 11) is 1.68. The van der Waals surface area contributed by atoms with Crippen molar-refractivity contribution in [3.63, 3.8) is 0 Å². The minimum atomic E-state index is -0.0590. The third kappa shape index (κ3) is 5.04. The Labute approximate surface area is 120 Å². The summed E-state index contributed by atoms with van der Waals surface area (Å²) in [6.45, 7) is 3.59. The van der Waals surface area contributed by atoms with Gasteiger partial charge in [-0.3, -0.25) is 4.79 Å². The number of rotatable bonds is 6. The van der Waals surface area contributed by atoms with Crippen molar-refractivity contribution in [3.05, 3.63) is 34.9 Å². The second kappa shape index (κ2) is 9.13. The van der Waals surface area contributed by atoms with Crippen molar-refractivity contribution in [2.24, 2.45) is 5.73 Å². The van der Waals surface area contributed by atoms with E-state index >= 15 is 0 Å². The molecule has 0 aromatic heterocycles. The summed E-state index contributed by atoms with van der Waals surface area (Å²) in [5, 5.41) is 2.91. The zero-order valence-corrected chi connectivity index (χ0v) is 12.2. The molecule has 0 radical (unpaired) electrons. The normalized spacial score (nSPS) is 9.75. The van der Waals surface area contributed by atoms with Gasteiger partial charge in [0.05, 0.1) is 6.54 Å². The number of nitrogens with one attached hydrogen (secondary N) is 1. The molecule has 0 saturated carbocycles. The molecule has 4 heteroatoms. The van der Waals surface area contributed by atoms with E-state index in [1.165, 1.54) is 0 Å². The zero-order valence-electron chi connectivity index (χ0n) is 12.2. The van der Waals surface area contributed by atoms with Crippen LogP contribution in [0.2, 0.25) is 0 Å². The molecular weight excluding hydrogens is 252 g/mol. The maximum Gasteiger partial charge on any atom is 0.251 e. The smallest absolute Gasteiger partial charge is 0.251 e. The van der Waals surface area contributed by atoms with Gasteiger partial charge >= 0.3 is 0 Å². The highest BCUT2D eigenvalue weighted by molar-refractivity contribution is 5.96. The highest BCUT2D eigenvalue weighted by Gasteiger charge is 2.10. The lowest BCUT2D eigenvalue weighted by atomic mass is 10.0. The molecule has 0 aliphatic heterocycles. The van der Waals surface area contributed by atoms with Crippen LogP contribution in [0.4, 0.5) is 0 Å². The van der Waals surface area contributed by atoms with Crippen LogP contribution in [0.1, 0.15) is 34.3 Å². The molecule has 0 saturated heterocycles. The summed E-state index contributed by atoms with van der Waals surface area (Å²) in [5.41, 5.74) is 7.78. The van der Waals surface area contributed by atoms with Crippen molar-refractivity contribution in [3.8, 4) is 11.8 Å². The van der Waals surface area contributed by atoms with E-state index in [2.05, 4.69) is 17.2 Å². The summed E-state index contributed by atoms with van der Waals surface area (Å²) in [6.07, 6.45) is 1.85. The third-order valence-corrected chi connectivity index (χ3v) is 2.96. The van der Waals surface area contributed by atoms with Crippen molar-refractivity contribution in [2.45, 2.75) is 19.8 Å². The van der Waals surface area contributed by atoms with E-state index in [1.807, 2.05) is 25.1 Å². The standard InChI is InChI=1S/C16H22N2O2/c1-13-14(8-6-10-17)7-5-9-15(13)16(19)18-11-3-4-12-20-2/h5,7,9H,3-4,10-12,17H2,1-2H3,(H,18,19). The molecule has 1 amide bonds. The van der Waals surface area contributed by atoms with E-state index in [9.17, 15) is 4.79 Å². The van der Waals surface area contributed by atoms with Gasteiger partial charge in [-0.05, 0) is 37.5 Å². The Morgan fingerprint density at radius 3 is 2.90 bits per heavy atom. The number of ether oxygens (including phenoxy) is 1. The van der Waals surface area contributed by atoms with Gasteiger partial charge in [0.15, 0.2) is 0 Å². The van der Waals surface area contributed by atoms with Gasteiger partial charge in [-0.15, -0.1) is 0 Å². The first-order valence-electron chi connectivity index (χ1n) is 6.76. The molecule has 0 fully saturated rings. The summed E-state index contributed by atoms with van der Waals surface area (Å²) < 4.78 is 4.97. The largest absolute Gasteiger partial charge is 0.385 e. The number of nitrogens with two attached hydrogens (primary N) is 1. The van der Waals surface area contributed by atoms with Crippen LogP contribution in [-0.2, 0) is 4.74 Å². The molecular formula is C16H22N2O2. The van der Waals surface area contributed by atoms with Gasteiger partial charge in [0, 0.05) is 31.4 Å². The van der Waals surface area contributed by atoms with Crippen molar-refractivity contribution >= 4 is 5.91 Å². The fourth-order valence-corrected chi connectivity index (χ4v) is 1.83. The van der Waals surface area contributed by atoms with Crippen LogP contribution in [-0.4, -0.2) is 32.7 Å². The highest BCUT2D eigenvalue weighted by Crippen LogP contribution is 2.12. The number of amides is 1. The topological polar surface area (TPSA) is 64.3 Å². The van der Waals surface area contributed by atoms with Crippen LogP contribution < -0.4 is 11.1 Å². The predicted octanol–water partition coefficient (Wildman–Crippen LogP) is 1.46. The minimum absolute atomic E-state index is 0.0590. The molecule has 0 heterocycles. The van der Waals surface area contributed by atoms with Gasteiger partial charge < -0.3 is 15.8 Å². The van der Waals surface area contributed by atoms with Crippen LogP contribution in [0.5, 0.6) is 0 Å². The molecule has 1 aromatic carbocycles. The van der Waals surface area contributed by atoms with E-state index in [0.717, 1.165) is 30.6 Å². The Morgan fingerprint density at radius 1 is 1.40 bits per heavy atom. The molecule has 1 rings (SSSR count). The van der Waals surface area contributed by atoms with Gasteiger partial charge in [0.1, 0.15) is 0 Å². The molecule has 1 aromatic rings. The number of carbonyl (C=O) groups is 1.